The Labute approximate surface area is 212 Å². The van der Waals surface area contributed by atoms with Crippen LogP contribution >= 0.6 is 0 Å². The molecule has 0 aliphatic carbocycles. The van der Waals surface area contributed by atoms with Gasteiger partial charge in [0.1, 0.15) is 18.1 Å². The smallest absolute Gasteiger partial charge is 0.275 e. The topological polar surface area (TPSA) is 103 Å². The third-order valence-electron chi connectivity index (χ3n) is 5.69. The van der Waals surface area contributed by atoms with E-state index in [1.807, 2.05) is 0 Å². The van der Waals surface area contributed by atoms with Crippen LogP contribution in [-0.2, 0) is 11.5 Å². The lowest BCUT2D eigenvalue weighted by Crippen LogP contribution is -2.22. The number of nitrogens with zero attached hydrogens (tertiary/aromatic N) is 4. The number of benzene rings is 2. The van der Waals surface area contributed by atoms with Gasteiger partial charge in [-0.25, -0.2) is 13.8 Å². The molecule has 0 bridgehead atoms. The number of non-ortho nitro benzene ring substituents is 1. The standard InChI is InChI=1S/C26H24F2N4O4Si/c1-37(2,3)11-10-35-16-31-15-20(19-7-5-4-6-17(19)14-29)24-23(8-9-30-26(24)31)36-25-21(27)12-18(32(33)34)13-22(25)28/h4-9,12-13,15H,10-11,16H2,1-3H3. The molecular weight excluding hydrogens is 498 g/mol. The van der Waals surface area contributed by atoms with Gasteiger partial charge in [-0.3, -0.25) is 10.1 Å². The third kappa shape index (κ3) is 5.66. The first kappa shape index (κ1) is 25.9. The highest BCUT2D eigenvalue weighted by Crippen LogP contribution is 2.40. The van der Waals surface area contributed by atoms with Crippen LogP contribution in [0.2, 0.25) is 25.7 Å². The van der Waals surface area contributed by atoms with Crippen LogP contribution in [-0.4, -0.2) is 29.2 Å². The summed E-state index contributed by atoms with van der Waals surface area (Å²) in [5.74, 6) is -3.15. The number of hydrogen-bond donors (Lipinski definition) is 0. The van der Waals surface area contributed by atoms with Gasteiger partial charge in [-0.1, -0.05) is 37.8 Å². The van der Waals surface area contributed by atoms with Gasteiger partial charge in [0.15, 0.2) is 17.4 Å². The van der Waals surface area contributed by atoms with Crippen LogP contribution in [0.5, 0.6) is 11.5 Å². The van der Waals surface area contributed by atoms with Crippen molar-refractivity contribution in [2.24, 2.45) is 0 Å². The predicted octanol–water partition coefficient (Wildman–Crippen LogP) is 6.87. The van der Waals surface area contributed by atoms with Gasteiger partial charge in [0.05, 0.1) is 34.1 Å². The van der Waals surface area contributed by atoms with Crippen molar-refractivity contribution in [2.45, 2.75) is 32.4 Å². The van der Waals surface area contributed by atoms with E-state index in [2.05, 4.69) is 30.7 Å². The molecule has 0 amide bonds. The molecule has 0 N–H and O–H groups in total. The third-order valence-corrected chi connectivity index (χ3v) is 7.39. The van der Waals surface area contributed by atoms with E-state index in [9.17, 15) is 24.2 Å². The number of fused-ring (bicyclic) bond motifs is 1. The molecule has 0 unspecified atom stereocenters. The fraction of sp³-hybridized carbons (Fsp3) is 0.231. The lowest BCUT2D eigenvalue weighted by Gasteiger charge is -2.15. The molecule has 190 valence electrons. The molecule has 0 saturated heterocycles. The molecule has 8 nitrogen and oxygen atoms in total. The second kappa shape index (κ2) is 10.5. The van der Waals surface area contributed by atoms with Gasteiger partial charge in [0.25, 0.3) is 5.69 Å². The minimum Gasteiger partial charge on any atom is -0.450 e. The number of ether oxygens (including phenoxy) is 2. The Bertz CT molecular complexity index is 1500. The number of nitriles is 1. The van der Waals surface area contributed by atoms with E-state index in [1.54, 1.807) is 35.0 Å². The second-order valence-corrected chi connectivity index (χ2v) is 15.2. The number of aromatic nitrogens is 2. The summed E-state index contributed by atoms with van der Waals surface area (Å²) in [4.78, 5) is 14.5. The van der Waals surface area contributed by atoms with E-state index in [4.69, 9.17) is 9.47 Å². The van der Waals surface area contributed by atoms with Crippen molar-refractivity contribution >= 4 is 24.8 Å². The van der Waals surface area contributed by atoms with Crippen LogP contribution in [0.4, 0.5) is 14.5 Å². The molecule has 2 aromatic heterocycles. The molecule has 11 heteroatoms. The van der Waals surface area contributed by atoms with Crippen molar-refractivity contribution in [1.82, 2.24) is 9.55 Å². The Morgan fingerprint density at radius 3 is 2.49 bits per heavy atom. The van der Waals surface area contributed by atoms with Crippen molar-refractivity contribution < 1.29 is 23.2 Å². The molecule has 0 aliphatic heterocycles. The van der Waals surface area contributed by atoms with E-state index in [0.29, 0.717) is 46.5 Å². The highest BCUT2D eigenvalue weighted by molar-refractivity contribution is 6.76. The largest absolute Gasteiger partial charge is 0.450 e. The number of rotatable bonds is 9. The maximum absolute atomic E-state index is 14.7. The van der Waals surface area contributed by atoms with Gasteiger partial charge in [-0.2, -0.15) is 5.26 Å². The summed E-state index contributed by atoms with van der Waals surface area (Å²) in [5, 5.41) is 21.1. The van der Waals surface area contributed by atoms with Crippen molar-refractivity contribution in [3.8, 4) is 28.7 Å². The molecule has 0 radical (unpaired) electrons. The first-order chi connectivity index (χ1) is 17.6. The van der Waals surface area contributed by atoms with E-state index < -0.39 is 36.1 Å². The second-order valence-electron chi connectivity index (χ2n) is 9.62. The van der Waals surface area contributed by atoms with E-state index >= 15 is 0 Å². The molecule has 0 atom stereocenters. The Morgan fingerprint density at radius 2 is 1.84 bits per heavy atom. The quantitative estimate of drug-likeness (QED) is 0.103. The number of hydrogen-bond acceptors (Lipinski definition) is 6. The molecule has 0 aliphatic rings. The molecule has 37 heavy (non-hydrogen) atoms. The zero-order valence-corrected chi connectivity index (χ0v) is 21.5. The summed E-state index contributed by atoms with van der Waals surface area (Å²) in [5.41, 5.74) is 1.23. The molecule has 2 heterocycles. The number of pyridine rings is 1. The zero-order chi connectivity index (χ0) is 26.7. The van der Waals surface area contributed by atoms with Crippen molar-refractivity contribution in [3.63, 3.8) is 0 Å². The summed E-state index contributed by atoms with van der Waals surface area (Å²) >= 11 is 0. The lowest BCUT2D eigenvalue weighted by molar-refractivity contribution is -0.385. The molecule has 2 aromatic carbocycles. The predicted molar refractivity (Wildman–Crippen MR) is 137 cm³/mol. The molecular formula is C26H24F2N4O4Si. The summed E-state index contributed by atoms with van der Waals surface area (Å²) in [6, 6.07) is 12.7. The van der Waals surface area contributed by atoms with Crippen LogP contribution in [0.3, 0.4) is 0 Å². The first-order valence-corrected chi connectivity index (χ1v) is 15.2. The van der Waals surface area contributed by atoms with Gasteiger partial charge in [-0.05, 0) is 18.2 Å². The first-order valence-electron chi connectivity index (χ1n) is 11.5. The normalized spacial score (nSPS) is 11.5. The van der Waals surface area contributed by atoms with Gasteiger partial charge in [0, 0.05) is 38.2 Å². The number of nitro groups is 1. The maximum Gasteiger partial charge on any atom is 0.275 e. The fourth-order valence-corrected chi connectivity index (χ4v) is 4.55. The zero-order valence-electron chi connectivity index (χ0n) is 20.5. The Morgan fingerprint density at radius 1 is 1.14 bits per heavy atom. The maximum atomic E-state index is 14.7. The minimum atomic E-state index is -1.30. The number of halogens is 2. The van der Waals surface area contributed by atoms with E-state index in [-0.39, 0.29) is 12.5 Å². The summed E-state index contributed by atoms with van der Waals surface area (Å²) < 4.78 is 42.6. The van der Waals surface area contributed by atoms with E-state index in [0.717, 1.165) is 6.04 Å². The molecule has 0 spiro atoms. The average molecular weight is 523 g/mol. The van der Waals surface area contributed by atoms with E-state index in [1.165, 1.54) is 12.3 Å². The Balaban J connectivity index is 1.83. The summed E-state index contributed by atoms with van der Waals surface area (Å²) in [6.45, 7) is 7.49. The number of nitro benzene ring substituents is 1. The summed E-state index contributed by atoms with van der Waals surface area (Å²) in [7, 11) is -1.30. The van der Waals surface area contributed by atoms with Crippen molar-refractivity contribution in [2.75, 3.05) is 6.61 Å². The lowest BCUT2D eigenvalue weighted by atomic mass is 10.0. The van der Waals surface area contributed by atoms with Crippen molar-refractivity contribution in [3.05, 3.63) is 82.2 Å². The molecule has 0 fully saturated rings. The Hall–Kier alpha value is -4.14. The molecule has 4 rings (SSSR count). The monoisotopic (exact) mass is 522 g/mol. The van der Waals surface area contributed by atoms with Crippen LogP contribution in [0, 0.1) is 33.1 Å². The van der Waals surface area contributed by atoms with Crippen LogP contribution in [0.25, 0.3) is 22.2 Å². The highest BCUT2D eigenvalue weighted by atomic mass is 28.3. The van der Waals surface area contributed by atoms with Crippen molar-refractivity contribution in [1.29, 1.82) is 5.26 Å². The van der Waals surface area contributed by atoms with Gasteiger partial charge < -0.3 is 14.0 Å². The highest BCUT2D eigenvalue weighted by Gasteiger charge is 2.23. The molecule has 0 saturated carbocycles. The Kier molecular flexibility index (Phi) is 7.33. The SMILES string of the molecule is C[Si](C)(C)CCOCn1cc(-c2ccccc2C#N)c2c(Oc3c(F)cc([N+](=O)[O-])cc3F)ccnc21. The summed E-state index contributed by atoms with van der Waals surface area (Å²) in [6.07, 6.45) is 3.19. The van der Waals surface area contributed by atoms with Crippen LogP contribution in [0.1, 0.15) is 5.56 Å². The average Bonchev–Trinajstić information content (AvgIpc) is 3.22. The molecule has 4 aromatic rings. The van der Waals surface area contributed by atoms with Gasteiger partial charge in [0.2, 0.25) is 0 Å². The minimum absolute atomic E-state index is 0.0697. The fourth-order valence-electron chi connectivity index (χ4n) is 3.79. The van der Waals surface area contributed by atoms with Crippen LogP contribution < -0.4 is 4.74 Å². The van der Waals surface area contributed by atoms with Gasteiger partial charge in [-0.15, -0.1) is 0 Å². The van der Waals surface area contributed by atoms with Gasteiger partial charge >= 0.3 is 0 Å². The van der Waals surface area contributed by atoms with Crippen LogP contribution in [0.15, 0.2) is 54.9 Å².